The predicted molar refractivity (Wildman–Crippen MR) is 75.1 cm³/mol. The van der Waals surface area contributed by atoms with Crippen LogP contribution in [0, 0.1) is 5.92 Å². The molecule has 1 aromatic rings. The lowest BCUT2D eigenvalue weighted by atomic mass is 10.1. The van der Waals surface area contributed by atoms with Crippen LogP contribution in [0.15, 0.2) is 12.3 Å². The lowest BCUT2D eigenvalue weighted by Crippen LogP contribution is -2.28. The van der Waals surface area contributed by atoms with E-state index in [1.54, 1.807) is 0 Å². The number of aromatic carboxylic acids is 1. The van der Waals surface area contributed by atoms with Crippen LogP contribution in [0.3, 0.4) is 0 Å². The minimum atomic E-state index is -1.01. The van der Waals surface area contributed by atoms with Crippen molar-refractivity contribution in [3.63, 3.8) is 0 Å². The van der Waals surface area contributed by atoms with Crippen LogP contribution in [0.2, 0.25) is 5.02 Å². The number of hydrogen-bond acceptors (Lipinski definition) is 4. The topological polar surface area (TPSA) is 56.7 Å². The molecule has 0 saturated carbocycles. The van der Waals surface area contributed by atoms with Gasteiger partial charge in [0.05, 0.1) is 10.6 Å². The Morgan fingerprint density at radius 2 is 2.42 bits per heavy atom. The van der Waals surface area contributed by atoms with E-state index >= 15 is 0 Å². The third-order valence-electron chi connectivity index (χ3n) is 3.45. The molecule has 0 aromatic carbocycles. The largest absolute Gasteiger partial charge is 0.478 e. The van der Waals surface area contributed by atoms with E-state index in [-0.39, 0.29) is 5.56 Å². The molecule has 1 saturated heterocycles. The number of likely N-dealkylation sites (tertiary alicyclic amines) is 1. The lowest BCUT2D eigenvalue weighted by Gasteiger charge is -2.23. The van der Waals surface area contributed by atoms with E-state index in [1.807, 2.05) is 11.9 Å². The van der Waals surface area contributed by atoms with E-state index in [0.29, 0.717) is 16.8 Å². The number of pyridine rings is 1. The van der Waals surface area contributed by atoms with Crippen molar-refractivity contribution in [2.24, 2.45) is 5.92 Å². The van der Waals surface area contributed by atoms with Crippen LogP contribution in [-0.2, 0) is 0 Å². The smallest absolute Gasteiger partial charge is 0.337 e. The Hall–Kier alpha value is -1.33. The van der Waals surface area contributed by atoms with Gasteiger partial charge >= 0.3 is 5.97 Å². The van der Waals surface area contributed by atoms with Crippen LogP contribution in [0.25, 0.3) is 0 Å². The van der Waals surface area contributed by atoms with Gasteiger partial charge in [-0.3, -0.25) is 0 Å². The highest BCUT2D eigenvalue weighted by molar-refractivity contribution is 6.33. The Labute approximate surface area is 117 Å². The average molecular weight is 284 g/mol. The van der Waals surface area contributed by atoms with Gasteiger partial charge in [-0.15, -0.1) is 0 Å². The molecule has 1 aromatic heterocycles. The molecule has 0 spiro atoms. The second kappa shape index (κ2) is 5.75. The maximum absolute atomic E-state index is 10.8. The van der Waals surface area contributed by atoms with Gasteiger partial charge in [-0.2, -0.15) is 0 Å². The van der Waals surface area contributed by atoms with Crippen molar-refractivity contribution in [2.45, 2.75) is 6.42 Å². The summed E-state index contributed by atoms with van der Waals surface area (Å²) in [7, 11) is 4.06. The van der Waals surface area contributed by atoms with Crippen molar-refractivity contribution in [3.8, 4) is 0 Å². The zero-order valence-electron chi connectivity index (χ0n) is 11.1. The maximum atomic E-state index is 10.8. The van der Waals surface area contributed by atoms with Gasteiger partial charge in [0.1, 0.15) is 5.82 Å². The highest BCUT2D eigenvalue weighted by atomic mass is 35.5. The molecule has 1 aliphatic rings. The summed E-state index contributed by atoms with van der Waals surface area (Å²) in [6.07, 6.45) is 2.52. The average Bonchev–Trinajstić information content (AvgIpc) is 2.74. The lowest BCUT2D eigenvalue weighted by molar-refractivity contribution is 0.0696. The van der Waals surface area contributed by atoms with Crippen molar-refractivity contribution in [2.75, 3.05) is 38.6 Å². The van der Waals surface area contributed by atoms with Gasteiger partial charge in [-0.25, -0.2) is 9.78 Å². The number of hydrogen-bond donors (Lipinski definition) is 1. The van der Waals surface area contributed by atoms with Gasteiger partial charge in [0, 0.05) is 26.3 Å². The number of nitrogens with zero attached hydrogens (tertiary/aromatic N) is 3. The van der Waals surface area contributed by atoms with Crippen LogP contribution >= 0.6 is 11.6 Å². The van der Waals surface area contributed by atoms with Gasteiger partial charge in [0.2, 0.25) is 0 Å². The third-order valence-corrected chi connectivity index (χ3v) is 3.73. The molecule has 6 heteroatoms. The first-order valence-corrected chi connectivity index (χ1v) is 6.63. The second-order valence-corrected chi connectivity index (χ2v) is 5.54. The van der Waals surface area contributed by atoms with Crippen LogP contribution in [0.1, 0.15) is 16.8 Å². The third kappa shape index (κ3) is 3.36. The molecule has 19 heavy (non-hydrogen) atoms. The summed E-state index contributed by atoms with van der Waals surface area (Å²) in [5.74, 6) is 0.231. The first kappa shape index (κ1) is 14.1. The molecule has 0 aliphatic carbocycles. The van der Waals surface area contributed by atoms with E-state index < -0.39 is 5.97 Å². The summed E-state index contributed by atoms with van der Waals surface area (Å²) < 4.78 is 0. The van der Waals surface area contributed by atoms with Crippen molar-refractivity contribution in [1.29, 1.82) is 0 Å². The summed E-state index contributed by atoms with van der Waals surface area (Å²) in [5.41, 5.74) is 0.114. The SMILES string of the molecule is CN1CCC(CN(C)c2ncc(C(=O)O)cc2Cl)C1. The number of aromatic nitrogens is 1. The van der Waals surface area contributed by atoms with Crippen LogP contribution < -0.4 is 4.90 Å². The van der Waals surface area contributed by atoms with Gasteiger partial charge in [0.25, 0.3) is 0 Å². The van der Waals surface area contributed by atoms with Crippen LogP contribution in [0.5, 0.6) is 0 Å². The Morgan fingerprint density at radius 3 is 2.95 bits per heavy atom. The van der Waals surface area contributed by atoms with Crippen molar-refractivity contribution < 1.29 is 9.90 Å². The highest BCUT2D eigenvalue weighted by Gasteiger charge is 2.22. The molecule has 0 bridgehead atoms. The first-order valence-electron chi connectivity index (χ1n) is 6.26. The molecular weight excluding hydrogens is 266 g/mol. The molecule has 1 aliphatic heterocycles. The molecule has 2 rings (SSSR count). The summed E-state index contributed by atoms with van der Waals surface area (Å²) in [5, 5.41) is 9.26. The highest BCUT2D eigenvalue weighted by Crippen LogP contribution is 2.25. The Kier molecular flexibility index (Phi) is 4.27. The van der Waals surface area contributed by atoms with Crippen LogP contribution in [0.4, 0.5) is 5.82 Å². The molecule has 0 amide bonds. The van der Waals surface area contributed by atoms with Crippen LogP contribution in [-0.4, -0.2) is 54.7 Å². The Balaban J connectivity index is 2.06. The van der Waals surface area contributed by atoms with E-state index in [0.717, 1.165) is 19.6 Å². The van der Waals surface area contributed by atoms with Gasteiger partial charge in [0.15, 0.2) is 0 Å². The molecule has 5 nitrogen and oxygen atoms in total. The monoisotopic (exact) mass is 283 g/mol. The molecule has 1 fully saturated rings. The Morgan fingerprint density at radius 1 is 1.68 bits per heavy atom. The number of anilines is 1. The normalized spacial score (nSPS) is 19.6. The van der Waals surface area contributed by atoms with Gasteiger partial charge in [-0.05, 0) is 32.0 Å². The number of carboxylic acid groups (broad SMARTS) is 1. The second-order valence-electron chi connectivity index (χ2n) is 5.13. The maximum Gasteiger partial charge on any atom is 0.337 e. The number of carboxylic acids is 1. The molecule has 104 valence electrons. The fourth-order valence-corrected chi connectivity index (χ4v) is 2.79. The number of halogens is 1. The standard InChI is InChI=1S/C13H18ClN3O2/c1-16-4-3-9(7-16)8-17(2)12-11(14)5-10(6-15-12)13(18)19/h5-6,9H,3-4,7-8H2,1-2H3,(H,18,19). The number of carbonyl (C=O) groups is 1. The van der Waals surface area contributed by atoms with E-state index in [4.69, 9.17) is 16.7 Å². The quantitative estimate of drug-likeness (QED) is 0.913. The van der Waals surface area contributed by atoms with E-state index in [1.165, 1.54) is 18.7 Å². The molecule has 1 unspecified atom stereocenters. The first-order chi connectivity index (χ1) is 8.97. The summed E-state index contributed by atoms with van der Waals surface area (Å²) >= 11 is 6.10. The number of rotatable bonds is 4. The zero-order chi connectivity index (χ0) is 14.0. The molecule has 1 N–H and O–H groups in total. The molecular formula is C13H18ClN3O2. The van der Waals surface area contributed by atoms with Gasteiger partial charge < -0.3 is 14.9 Å². The fraction of sp³-hybridized carbons (Fsp3) is 0.538. The molecule has 2 heterocycles. The zero-order valence-corrected chi connectivity index (χ0v) is 11.9. The fourth-order valence-electron chi connectivity index (χ4n) is 2.48. The van der Waals surface area contributed by atoms with E-state index in [9.17, 15) is 4.79 Å². The summed E-state index contributed by atoms with van der Waals surface area (Å²) in [4.78, 5) is 19.3. The molecule has 1 atom stereocenters. The minimum absolute atomic E-state index is 0.114. The van der Waals surface area contributed by atoms with Gasteiger partial charge in [-0.1, -0.05) is 11.6 Å². The van der Waals surface area contributed by atoms with Crippen molar-refractivity contribution in [3.05, 3.63) is 22.8 Å². The minimum Gasteiger partial charge on any atom is -0.478 e. The summed E-state index contributed by atoms with van der Waals surface area (Å²) in [6, 6.07) is 1.45. The van der Waals surface area contributed by atoms with Crippen molar-refractivity contribution >= 4 is 23.4 Å². The molecule has 0 radical (unpaired) electrons. The predicted octanol–water partition coefficient (Wildman–Crippen LogP) is 1.82. The van der Waals surface area contributed by atoms with Crippen molar-refractivity contribution in [1.82, 2.24) is 9.88 Å². The Bertz CT molecular complexity index is 481. The van der Waals surface area contributed by atoms with E-state index in [2.05, 4.69) is 16.9 Å². The summed E-state index contributed by atoms with van der Waals surface area (Å²) in [6.45, 7) is 3.08.